The lowest BCUT2D eigenvalue weighted by Gasteiger charge is -2.24. The van der Waals surface area contributed by atoms with Gasteiger partial charge in [0.05, 0.1) is 23.0 Å². The largest absolute Gasteiger partial charge is 0.307 e. The molecule has 3 fully saturated rings. The van der Waals surface area contributed by atoms with Crippen LogP contribution < -0.4 is 4.90 Å². The second-order valence-electron chi connectivity index (χ2n) is 5.73. The summed E-state index contributed by atoms with van der Waals surface area (Å²) in [5, 5.41) is 3.72. The summed E-state index contributed by atoms with van der Waals surface area (Å²) in [6.07, 6.45) is 2.63. The third-order valence-electron chi connectivity index (χ3n) is 4.50. The Kier molecular flexibility index (Phi) is 2.74. The highest BCUT2D eigenvalue weighted by atomic mass is 32.2. The molecule has 4 rings (SSSR count). The second-order valence-corrected chi connectivity index (χ2v) is 8.67. The normalized spacial score (nSPS) is 31.0. The number of fused-ring (bicyclic) bond motifs is 1. The molecule has 0 bridgehead atoms. The Morgan fingerprint density at radius 1 is 1.20 bits per heavy atom. The third kappa shape index (κ3) is 1.76. The Labute approximate surface area is 122 Å². The van der Waals surface area contributed by atoms with Gasteiger partial charge < -0.3 is 4.90 Å². The summed E-state index contributed by atoms with van der Waals surface area (Å²) in [7, 11) is -3.18. The summed E-state index contributed by atoms with van der Waals surface area (Å²) >= 11 is 1.56. The van der Waals surface area contributed by atoms with Gasteiger partial charge in [-0.1, -0.05) is 0 Å². The lowest BCUT2D eigenvalue weighted by Crippen LogP contribution is -2.41. The first-order chi connectivity index (χ1) is 9.59. The van der Waals surface area contributed by atoms with E-state index in [0.717, 1.165) is 24.9 Å². The molecule has 1 saturated carbocycles. The van der Waals surface area contributed by atoms with Gasteiger partial charge in [-0.3, -0.25) is 4.79 Å². The van der Waals surface area contributed by atoms with Gasteiger partial charge in [0.1, 0.15) is 0 Å². The molecule has 2 saturated heterocycles. The van der Waals surface area contributed by atoms with E-state index in [2.05, 4.69) is 0 Å². The molecule has 7 heteroatoms. The molecule has 20 heavy (non-hydrogen) atoms. The first-order valence-electron chi connectivity index (χ1n) is 6.94. The minimum absolute atomic E-state index is 0.0191. The number of hydrogen-bond acceptors (Lipinski definition) is 4. The van der Waals surface area contributed by atoms with Crippen molar-refractivity contribution >= 4 is 33.0 Å². The Balaban J connectivity index is 1.64. The van der Waals surface area contributed by atoms with E-state index in [4.69, 9.17) is 0 Å². The molecule has 1 aromatic heterocycles. The Morgan fingerprint density at radius 2 is 2.00 bits per heavy atom. The highest BCUT2D eigenvalue weighted by Gasteiger charge is 2.53. The molecular formula is C13H16N2O3S2. The van der Waals surface area contributed by atoms with E-state index in [-0.39, 0.29) is 23.2 Å². The van der Waals surface area contributed by atoms with Gasteiger partial charge in [-0.15, -0.1) is 0 Å². The standard InChI is InChI=1S/C13H16N2O3S2/c16-13-7-12-11(15(13)9-4-6-19-8-9)3-5-14(12)20(17,18)10-1-2-10/h4,6,8,10-12H,1-3,5,7H2/t11-,12+/m0/s1. The summed E-state index contributed by atoms with van der Waals surface area (Å²) in [6, 6.07) is 1.79. The van der Waals surface area contributed by atoms with Gasteiger partial charge in [-0.05, 0) is 30.7 Å². The second kappa shape index (κ2) is 4.29. The molecule has 2 atom stereocenters. The molecule has 108 valence electrons. The SMILES string of the molecule is O=C1C[C@@H]2[C@H](CCN2S(=O)(=O)C2CC2)N1c1ccsc1. The smallest absolute Gasteiger partial charge is 0.229 e. The van der Waals surface area contributed by atoms with Crippen LogP contribution >= 0.6 is 11.3 Å². The van der Waals surface area contributed by atoms with Crippen LogP contribution in [0.1, 0.15) is 25.7 Å². The number of nitrogens with zero attached hydrogens (tertiary/aromatic N) is 2. The van der Waals surface area contributed by atoms with Gasteiger partial charge in [0, 0.05) is 18.3 Å². The number of carbonyl (C=O) groups excluding carboxylic acids is 1. The monoisotopic (exact) mass is 312 g/mol. The average Bonchev–Trinajstić information content (AvgIpc) is 2.85. The van der Waals surface area contributed by atoms with Crippen LogP contribution in [0.15, 0.2) is 16.8 Å². The minimum atomic E-state index is -3.18. The van der Waals surface area contributed by atoms with Crippen molar-refractivity contribution in [1.29, 1.82) is 0 Å². The summed E-state index contributed by atoms with van der Waals surface area (Å²) in [6.45, 7) is 0.558. The van der Waals surface area contributed by atoms with Crippen molar-refractivity contribution in [2.24, 2.45) is 0 Å². The van der Waals surface area contributed by atoms with Crippen LogP contribution in [0.4, 0.5) is 5.69 Å². The highest BCUT2D eigenvalue weighted by Crippen LogP contribution is 2.41. The molecule has 1 aromatic rings. The van der Waals surface area contributed by atoms with Crippen LogP contribution in [-0.2, 0) is 14.8 Å². The molecule has 0 aromatic carbocycles. The Hall–Kier alpha value is -0.920. The molecule has 1 amide bonds. The molecule has 1 aliphatic carbocycles. The number of amides is 1. The van der Waals surface area contributed by atoms with Crippen molar-refractivity contribution in [3.8, 4) is 0 Å². The molecule has 3 aliphatic rings. The topological polar surface area (TPSA) is 57.7 Å². The van der Waals surface area contributed by atoms with Gasteiger partial charge >= 0.3 is 0 Å². The fourth-order valence-corrected chi connectivity index (χ4v) is 6.11. The summed E-state index contributed by atoms with van der Waals surface area (Å²) in [5.41, 5.74) is 0.915. The van der Waals surface area contributed by atoms with Crippen molar-refractivity contribution in [3.63, 3.8) is 0 Å². The van der Waals surface area contributed by atoms with Crippen LogP contribution in [0.25, 0.3) is 0 Å². The van der Waals surface area contributed by atoms with Crippen molar-refractivity contribution in [2.45, 2.75) is 43.0 Å². The van der Waals surface area contributed by atoms with E-state index in [1.165, 1.54) is 0 Å². The molecule has 0 N–H and O–H groups in total. The Bertz CT molecular complexity index is 637. The van der Waals surface area contributed by atoms with Crippen LogP contribution in [0.5, 0.6) is 0 Å². The lowest BCUT2D eigenvalue weighted by atomic mass is 10.1. The van der Waals surface area contributed by atoms with Crippen molar-refractivity contribution in [2.75, 3.05) is 11.4 Å². The van der Waals surface area contributed by atoms with E-state index in [0.29, 0.717) is 13.0 Å². The van der Waals surface area contributed by atoms with Crippen LogP contribution in [-0.4, -0.2) is 42.5 Å². The number of anilines is 1. The van der Waals surface area contributed by atoms with Crippen molar-refractivity contribution in [1.82, 2.24) is 4.31 Å². The number of sulfonamides is 1. The van der Waals surface area contributed by atoms with Gasteiger partial charge in [-0.2, -0.15) is 15.6 Å². The number of rotatable bonds is 3. The minimum Gasteiger partial charge on any atom is -0.307 e. The maximum absolute atomic E-state index is 12.4. The maximum Gasteiger partial charge on any atom is 0.229 e. The zero-order chi connectivity index (χ0) is 13.9. The molecule has 0 radical (unpaired) electrons. The first-order valence-corrected chi connectivity index (χ1v) is 9.38. The maximum atomic E-state index is 12.4. The summed E-state index contributed by atoms with van der Waals surface area (Å²) in [4.78, 5) is 14.1. The quantitative estimate of drug-likeness (QED) is 0.848. The predicted molar refractivity (Wildman–Crippen MR) is 77.3 cm³/mol. The van der Waals surface area contributed by atoms with E-state index in [1.807, 2.05) is 21.7 Å². The van der Waals surface area contributed by atoms with E-state index in [1.54, 1.807) is 15.6 Å². The third-order valence-corrected chi connectivity index (χ3v) is 7.59. The zero-order valence-corrected chi connectivity index (χ0v) is 12.6. The van der Waals surface area contributed by atoms with E-state index < -0.39 is 10.0 Å². The Morgan fingerprint density at radius 3 is 2.65 bits per heavy atom. The summed E-state index contributed by atoms with van der Waals surface area (Å²) < 4.78 is 26.5. The average molecular weight is 312 g/mol. The first kappa shape index (κ1) is 12.8. The molecule has 0 spiro atoms. The summed E-state index contributed by atoms with van der Waals surface area (Å²) in [5.74, 6) is 0.0501. The predicted octanol–water partition coefficient (Wildman–Crippen LogP) is 1.42. The molecule has 5 nitrogen and oxygen atoms in total. The highest BCUT2D eigenvalue weighted by molar-refractivity contribution is 7.90. The molecular weight excluding hydrogens is 296 g/mol. The number of hydrogen-bond donors (Lipinski definition) is 0. The van der Waals surface area contributed by atoms with E-state index in [9.17, 15) is 13.2 Å². The molecule has 2 aliphatic heterocycles. The van der Waals surface area contributed by atoms with Gasteiger partial charge in [0.25, 0.3) is 0 Å². The fourth-order valence-electron chi connectivity index (χ4n) is 3.41. The molecule has 0 unspecified atom stereocenters. The van der Waals surface area contributed by atoms with Crippen LogP contribution in [0.2, 0.25) is 0 Å². The van der Waals surface area contributed by atoms with E-state index >= 15 is 0 Å². The zero-order valence-electron chi connectivity index (χ0n) is 10.9. The van der Waals surface area contributed by atoms with Gasteiger partial charge in [0.15, 0.2) is 0 Å². The lowest BCUT2D eigenvalue weighted by molar-refractivity contribution is -0.117. The molecule has 3 heterocycles. The van der Waals surface area contributed by atoms with Gasteiger partial charge in [-0.25, -0.2) is 8.42 Å². The number of carbonyl (C=O) groups is 1. The fraction of sp³-hybridized carbons (Fsp3) is 0.615. The van der Waals surface area contributed by atoms with Gasteiger partial charge in [0.2, 0.25) is 15.9 Å². The van der Waals surface area contributed by atoms with Crippen molar-refractivity contribution in [3.05, 3.63) is 16.8 Å². The number of thiophene rings is 1. The van der Waals surface area contributed by atoms with Crippen molar-refractivity contribution < 1.29 is 13.2 Å². The van der Waals surface area contributed by atoms with Crippen LogP contribution in [0.3, 0.4) is 0 Å². The van der Waals surface area contributed by atoms with Crippen LogP contribution in [0, 0.1) is 0 Å².